The summed E-state index contributed by atoms with van der Waals surface area (Å²) in [6.07, 6.45) is 6.46. The summed E-state index contributed by atoms with van der Waals surface area (Å²) < 4.78 is 24.7. The van der Waals surface area contributed by atoms with Crippen molar-refractivity contribution in [1.82, 2.24) is 4.90 Å². The van der Waals surface area contributed by atoms with E-state index in [1.807, 2.05) is 0 Å². The average molecular weight is 326 g/mol. The third-order valence-corrected chi connectivity index (χ3v) is 4.62. The van der Waals surface area contributed by atoms with Crippen LogP contribution in [0.5, 0.6) is 0 Å². The first kappa shape index (κ1) is 17.2. The molecule has 1 heterocycles. The minimum Gasteiger partial charge on any atom is -0.388 e. The number of nitrogens with zero attached hydrogens (tertiary/aromatic N) is 1. The Morgan fingerprint density at radius 2 is 1.73 bits per heavy atom. The Morgan fingerprint density at radius 1 is 1.14 bits per heavy atom. The van der Waals surface area contributed by atoms with E-state index in [1.54, 1.807) is 24.3 Å². The summed E-state index contributed by atoms with van der Waals surface area (Å²) >= 11 is 0. The molecule has 1 fully saturated rings. The molecule has 1 aliphatic heterocycles. The van der Waals surface area contributed by atoms with Crippen molar-refractivity contribution in [2.75, 3.05) is 30.6 Å². The number of sulfonamides is 1. The van der Waals surface area contributed by atoms with Gasteiger partial charge in [0.25, 0.3) is 0 Å². The lowest BCUT2D eigenvalue weighted by atomic mass is 10.1. The molecule has 1 aromatic rings. The summed E-state index contributed by atoms with van der Waals surface area (Å²) in [5, 5.41) is 10.3. The van der Waals surface area contributed by atoms with E-state index in [4.69, 9.17) is 0 Å². The van der Waals surface area contributed by atoms with E-state index in [0.29, 0.717) is 12.1 Å². The maximum Gasteiger partial charge on any atom is 0.229 e. The molecule has 0 saturated carbocycles. The van der Waals surface area contributed by atoms with Crippen LogP contribution in [0.1, 0.15) is 43.8 Å². The quantitative estimate of drug-likeness (QED) is 0.842. The topological polar surface area (TPSA) is 69.6 Å². The number of benzene rings is 1. The van der Waals surface area contributed by atoms with E-state index in [1.165, 1.54) is 25.7 Å². The standard InChI is InChI=1S/C16H26N2O3S/c1-22(20,21)17-15-8-6-14(7-9-15)16(19)10-13-18-11-4-2-3-5-12-18/h6-9,16-17,19H,2-5,10-13H2,1H3. The second-order valence-electron chi connectivity index (χ2n) is 6.06. The number of likely N-dealkylation sites (tertiary alicyclic amines) is 1. The van der Waals surface area contributed by atoms with Crippen LogP contribution in [0.25, 0.3) is 0 Å². The summed E-state index contributed by atoms with van der Waals surface area (Å²) in [6, 6.07) is 6.93. The lowest BCUT2D eigenvalue weighted by Gasteiger charge is -2.21. The Kier molecular flexibility index (Phi) is 6.23. The number of rotatable bonds is 6. The van der Waals surface area contributed by atoms with Crippen LogP contribution in [-0.2, 0) is 10.0 Å². The Morgan fingerprint density at radius 3 is 2.27 bits per heavy atom. The highest BCUT2D eigenvalue weighted by atomic mass is 32.2. The monoisotopic (exact) mass is 326 g/mol. The minimum atomic E-state index is -3.26. The third kappa shape index (κ3) is 5.94. The first-order valence-electron chi connectivity index (χ1n) is 7.92. The summed E-state index contributed by atoms with van der Waals surface area (Å²) in [5.74, 6) is 0. The second-order valence-corrected chi connectivity index (χ2v) is 7.81. The molecule has 1 atom stereocenters. The van der Waals surface area contributed by atoms with E-state index < -0.39 is 16.1 Å². The molecular formula is C16H26N2O3S. The van der Waals surface area contributed by atoms with Crippen molar-refractivity contribution in [2.45, 2.75) is 38.2 Å². The van der Waals surface area contributed by atoms with Gasteiger partial charge < -0.3 is 10.0 Å². The molecule has 2 N–H and O–H groups in total. The molecule has 0 aliphatic carbocycles. The van der Waals surface area contributed by atoms with Gasteiger partial charge in [0.05, 0.1) is 12.4 Å². The lowest BCUT2D eigenvalue weighted by Crippen LogP contribution is -2.26. The van der Waals surface area contributed by atoms with Crippen molar-refractivity contribution in [3.05, 3.63) is 29.8 Å². The van der Waals surface area contributed by atoms with Gasteiger partial charge >= 0.3 is 0 Å². The number of aliphatic hydroxyl groups is 1. The largest absolute Gasteiger partial charge is 0.388 e. The van der Waals surface area contributed by atoms with Crippen molar-refractivity contribution in [3.8, 4) is 0 Å². The van der Waals surface area contributed by atoms with Gasteiger partial charge in [-0.3, -0.25) is 4.72 Å². The number of aliphatic hydroxyl groups excluding tert-OH is 1. The number of hydrogen-bond acceptors (Lipinski definition) is 4. The molecule has 0 spiro atoms. The van der Waals surface area contributed by atoms with Crippen molar-refractivity contribution >= 4 is 15.7 Å². The van der Waals surface area contributed by atoms with Gasteiger partial charge in [-0.2, -0.15) is 0 Å². The smallest absolute Gasteiger partial charge is 0.229 e. The van der Waals surface area contributed by atoms with E-state index in [2.05, 4.69) is 9.62 Å². The zero-order chi connectivity index (χ0) is 16.0. The van der Waals surface area contributed by atoms with E-state index in [0.717, 1.165) is 31.5 Å². The Bertz CT molecular complexity index is 549. The van der Waals surface area contributed by atoms with Gasteiger partial charge in [-0.25, -0.2) is 8.42 Å². The van der Waals surface area contributed by atoms with E-state index >= 15 is 0 Å². The second kappa shape index (κ2) is 7.94. The van der Waals surface area contributed by atoms with Crippen molar-refractivity contribution < 1.29 is 13.5 Å². The molecule has 1 aromatic carbocycles. The maximum atomic E-state index is 11.2. The lowest BCUT2D eigenvalue weighted by molar-refractivity contribution is 0.143. The van der Waals surface area contributed by atoms with E-state index in [9.17, 15) is 13.5 Å². The highest BCUT2D eigenvalue weighted by molar-refractivity contribution is 7.92. The molecular weight excluding hydrogens is 300 g/mol. The summed E-state index contributed by atoms with van der Waals surface area (Å²) in [4.78, 5) is 2.43. The Hall–Kier alpha value is -1.11. The summed E-state index contributed by atoms with van der Waals surface area (Å²) in [5.41, 5.74) is 1.35. The molecule has 1 saturated heterocycles. The van der Waals surface area contributed by atoms with Crippen molar-refractivity contribution in [3.63, 3.8) is 0 Å². The summed E-state index contributed by atoms with van der Waals surface area (Å²) in [6.45, 7) is 3.17. The highest BCUT2D eigenvalue weighted by Crippen LogP contribution is 2.20. The van der Waals surface area contributed by atoms with Crippen LogP contribution in [-0.4, -0.2) is 44.3 Å². The van der Waals surface area contributed by atoms with E-state index in [-0.39, 0.29) is 0 Å². The van der Waals surface area contributed by atoms with Crippen LogP contribution < -0.4 is 4.72 Å². The molecule has 0 radical (unpaired) electrons. The minimum absolute atomic E-state index is 0.504. The van der Waals surface area contributed by atoms with Crippen molar-refractivity contribution in [1.29, 1.82) is 0 Å². The molecule has 5 nitrogen and oxygen atoms in total. The Balaban J connectivity index is 1.85. The first-order valence-corrected chi connectivity index (χ1v) is 9.81. The number of hydrogen-bond donors (Lipinski definition) is 2. The van der Waals surface area contributed by atoms with Crippen LogP contribution in [0, 0.1) is 0 Å². The van der Waals surface area contributed by atoms with Gasteiger partial charge in [0, 0.05) is 12.2 Å². The number of anilines is 1. The molecule has 1 unspecified atom stereocenters. The van der Waals surface area contributed by atoms with Crippen LogP contribution in [0.15, 0.2) is 24.3 Å². The first-order chi connectivity index (χ1) is 10.4. The van der Waals surface area contributed by atoms with Gasteiger partial charge in [0.2, 0.25) is 10.0 Å². The number of nitrogens with one attached hydrogen (secondary N) is 1. The van der Waals surface area contributed by atoms with Gasteiger partial charge in [0.1, 0.15) is 0 Å². The van der Waals surface area contributed by atoms with Gasteiger partial charge in [-0.1, -0.05) is 25.0 Å². The molecule has 124 valence electrons. The Labute approximate surface area is 133 Å². The molecule has 2 rings (SSSR count). The zero-order valence-electron chi connectivity index (χ0n) is 13.2. The van der Waals surface area contributed by atoms with Gasteiger partial charge in [-0.15, -0.1) is 0 Å². The third-order valence-electron chi connectivity index (χ3n) is 4.02. The van der Waals surface area contributed by atoms with Crippen molar-refractivity contribution in [2.24, 2.45) is 0 Å². The van der Waals surface area contributed by atoms with Crippen LogP contribution >= 0.6 is 0 Å². The molecule has 6 heteroatoms. The van der Waals surface area contributed by atoms with Crippen LogP contribution in [0.2, 0.25) is 0 Å². The van der Waals surface area contributed by atoms with Gasteiger partial charge in [0.15, 0.2) is 0 Å². The molecule has 0 amide bonds. The molecule has 22 heavy (non-hydrogen) atoms. The highest BCUT2D eigenvalue weighted by Gasteiger charge is 2.13. The molecule has 0 aromatic heterocycles. The fourth-order valence-electron chi connectivity index (χ4n) is 2.82. The predicted octanol–water partition coefficient (Wildman–Crippen LogP) is 2.36. The maximum absolute atomic E-state index is 11.2. The normalized spacial score (nSPS) is 18.6. The van der Waals surface area contributed by atoms with Crippen LogP contribution in [0.4, 0.5) is 5.69 Å². The van der Waals surface area contributed by atoms with Crippen LogP contribution in [0.3, 0.4) is 0 Å². The SMILES string of the molecule is CS(=O)(=O)Nc1ccc(C(O)CCN2CCCCCC2)cc1. The average Bonchev–Trinajstić information content (AvgIpc) is 2.72. The molecule has 0 bridgehead atoms. The summed E-state index contributed by atoms with van der Waals surface area (Å²) in [7, 11) is -3.26. The van der Waals surface area contributed by atoms with Gasteiger partial charge in [-0.05, 0) is 50.0 Å². The fraction of sp³-hybridized carbons (Fsp3) is 0.625. The molecule has 1 aliphatic rings. The fourth-order valence-corrected chi connectivity index (χ4v) is 3.38. The zero-order valence-corrected chi connectivity index (χ0v) is 14.0. The predicted molar refractivity (Wildman–Crippen MR) is 89.4 cm³/mol.